The monoisotopic (exact) mass is 432 g/mol. The lowest BCUT2D eigenvalue weighted by Gasteiger charge is -2.59. The Hall–Kier alpha value is -0.910. The Morgan fingerprint density at radius 2 is 2.06 bits per heavy atom. The second-order valence-corrected chi connectivity index (χ2v) is 11.2. The molecule has 1 heterocycles. The number of fused-ring (bicyclic) bond motifs is 5. The molecule has 5 aliphatic rings. The average Bonchev–Trinajstić information content (AvgIpc) is 3.09. The standard InChI is InChI=1S/C26H40O5/c1-17(28)30-23-11-10-21-20-9-7-18-6-8-19(31-24-5-3-4-14-29-24)15-26(18,16-27)22(20)12-13-25(21,23)2/h6,19-24,27H,3-5,7-16H2,1-2H3/t19?,20?,21?,22?,23-,24?,25-,26+/m0/s1. The van der Waals surface area contributed by atoms with Crippen LogP contribution in [0.25, 0.3) is 0 Å². The van der Waals surface area contributed by atoms with Crippen LogP contribution >= 0.6 is 0 Å². The molecule has 3 saturated carbocycles. The summed E-state index contributed by atoms with van der Waals surface area (Å²) in [5, 5.41) is 10.8. The summed E-state index contributed by atoms with van der Waals surface area (Å²) < 4.78 is 18.1. The van der Waals surface area contributed by atoms with Crippen LogP contribution in [0.1, 0.15) is 84.5 Å². The summed E-state index contributed by atoms with van der Waals surface area (Å²) in [6, 6.07) is 0. The lowest BCUT2D eigenvalue weighted by atomic mass is 9.47. The Balaban J connectivity index is 1.36. The number of hydrogen-bond acceptors (Lipinski definition) is 5. The van der Waals surface area contributed by atoms with E-state index in [-0.39, 0.29) is 41.9 Å². The van der Waals surface area contributed by atoms with Crippen molar-refractivity contribution in [3.05, 3.63) is 11.6 Å². The SMILES string of the molecule is CC(=O)O[C@H]1CCC2C3CCC4=CCC(OC5CCCCO5)C[C@]4(CO)C3CC[C@@]21C. The van der Waals surface area contributed by atoms with Crippen molar-refractivity contribution in [2.45, 2.75) is 103 Å². The van der Waals surface area contributed by atoms with Gasteiger partial charge in [0.05, 0.1) is 12.7 Å². The van der Waals surface area contributed by atoms with Crippen LogP contribution in [0.4, 0.5) is 0 Å². The third kappa shape index (κ3) is 3.69. The van der Waals surface area contributed by atoms with Gasteiger partial charge in [0, 0.05) is 24.4 Å². The molecule has 31 heavy (non-hydrogen) atoms. The Labute approximate surface area is 186 Å². The second kappa shape index (κ2) is 8.46. The molecule has 0 bridgehead atoms. The highest BCUT2D eigenvalue weighted by molar-refractivity contribution is 5.66. The van der Waals surface area contributed by atoms with E-state index in [0.29, 0.717) is 17.8 Å². The van der Waals surface area contributed by atoms with E-state index in [1.807, 2.05) is 0 Å². The molecule has 8 atom stereocenters. The maximum Gasteiger partial charge on any atom is 0.302 e. The molecule has 5 heteroatoms. The molecular formula is C26H40O5. The summed E-state index contributed by atoms with van der Waals surface area (Å²) in [5.41, 5.74) is 1.44. The molecular weight excluding hydrogens is 392 g/mol. The van der Waals surface area contributed by atoms with Gasteiger partial charge in [-0.25, -0.2) is 0 Å². The van der Waals surface area contributed by atoms with Crippen LogP contribution in [0, 0.1) is 28.6 Å². The van der Waals surface area contributed by atoms with Gasteiger partial charge in [-0.05, 0) is 88.4 Å². The molecule has 0 spiro atoms. The number of aliphatic hydroxyl groups excluding tert-OH is 1. The largest absolute Gasteiger partial charge is 0.462 e. The van der Waals surface area contributed by atoms with E-state index in [1.165, 1.54) is 18.4 Å². The summed E-state index contributed by atoms with van der Waals surface area (Å²) in [6.45, 7) is 4.93. The zero-order valence-corrected chi connectivity index (χ0v) is 19.3. The predicted molar refractivity (Wildman–Crippen MR) is 117 cm³/mol. The van der Waals surface area contributed by atoms with Gasteiger partial charge in [0.25, 0.3) is 0 Å². The molecule has 1 saturated heterocycles. The first-order chi connectivity index (χ1) is 15.0. The fourth-order valence-corrected chi connectivity index (χ4v) is 8.30. The van der Waals surface area contributed by atoms with Gasteiger partial charge in [-0.15, -0.1) is 0 Å². The molecule has 0 aromatic rings. The van der Waals surface area contributed by atoms with Gasteiger partial charge in [0.1, 0.15) is 6.10 Å². The van der Waals surface area contributed by atoms with Crippen LogP contribution in [0.15, 0.2) is 11.6 Å². The molecule has 5 rings (SSSR count). The maximum absolute atomic E-state index is 11.7. The van der Waals surface area contributed by atoms with E-state index in [1.54, 1.807) is 6.92 Å². The van der Waals surface area contributed by atoms with Gasteiger partial charge in [-0.2, -0.15) is 0 Å². The first-order valence-electron chi connectivity index (χ1n) is 12.7. The topological polar surface area (TPSA) is 65.0 Å². The number of hydrogen-bond donors (Lipinski definition) is 1. The van der Waals surface area contributed by atoms with Crippen molar-refractivity contribution in [3.63, 3.8) is 0 Å². The van der Waals surface area contributed by atoms with Gasteiger partial charge >= 0.3 is 5.97 Å². The Bertz CT molecular complexity index is 713. The van der Waals surface area contributed by atoms with Gasteiger partial charge in [0.2, 0.25) is 0 Å². The predicted octanol–water partition coefficient (Wildman–Crippen LogP) is 4.77. The first kappa shape index (κ1) is 21.9. The molecule has 5 nitrogen and oxygen atoms in total. The molecule has 1 N–H and O–H groups in total. The number of esters is 1. The lowest BCUT2D eigenvalue weighted by Crippen LogP contribution is -2.55. The second-order valence-electron chi connectivity index (χ2n) is 11.2. The van der Waals surface area contributed by atoms with E-state index in [9.17, 15) is 9.90 Å². The summed E-state index contributed by atoms with van der Waals surface area (Å²) in [7, 11) is 0. The van der Waals surface area contributed by atoms with Crippen LogP contribution < -0.4 is 0 Å². The third-order valence-corrected chi connectivity index (χ3v) is 9.74. The molecule has 0 amide bonds. The highest BCUT2D eigenvalue weighted by Gasteiger charge is 2.61. The minimum atomic E-state index is -0.146. The van der Waals surface area contributed by atoms with E-state index in [4.69, 9.17) is 14.2 Å². The average molecular weight is 433 g/mol. The van der Waals surface area contributed by atoms with Crippen molar-refractivity contribution in [2.75, 3.05) is 13.2 Å². The highest BCUT2D eigenvalue weighted by Crippen LogP contribution is 2.66. The molecule has 4 aliphatic carbocycles. The van der Waals surface area contributed by atoms with E-state index >= 15 is 0 Å². The van der Waals surface area contributed by atoms with Crippen molar-refractivity contribution in [3.8, 4) is 0 Å². The van der Waals surface area contributed by atoms with Crippen LogP contribution in [0.5, 0.6) is 0 Å². The zero-order chi connectivity index (χ0) is 21.6. The van der Waals surface area contributed by atoms with Crippen molar-refractivity contribution in [1.82, 2.24) is 0 Å². The number of carbonyl (C=O) groups is 1. The molecule has 174 valence electrons. The number of carbonyl (C=O) groups excluding carboxylic acids is 1. The third-order valence-electron chi connectivity index (χ3n) is 9.74. The molecule has 4 fully saturated rings. The van der Waals surface area contributed by atoms with E-state index in [0.717, 1.165) is 64.4 Å². The zero-order valence-electron chi connectivity index (χ0n) is 19.3. The van der Waals surface area contributed by atoms with E-state index in [2.05, 4.69) is 13.0 Å². The number of rotatable bonds is 4. The van der Waals surface area contributed by atoms with Crippen LogP contribution in [-0.4, -0.2) is 42.8 Å². The summed E-state index contributed by atoms with van der Waals surface area (Å²) in [6.07, 6.45) is 14.3. The normalized spacial score (nSPS) is 47.0. The van der Waals surface area contributed by atoms with Gasteiger partial charge in [-0.1, -0.05) is 18.6 Å². The Kier molecular flexibility index (Phi) is 5.98. The van der Waals surface area contributed by atoms with Gasteiger partial charge in [0.15, 0.2) is 6.29 Å². The summed E-state index contributed by atoms with van der Waals surface area (Å²) in [4.78, 5) is 11.7. The Morgan fingerprint density at radius 1 is 1.19 bits per heavy atom. The fourth-order valence-electron chi connectivity index (χ4n) is 8.30. The Morgan fingerprint density at radius 3 is 2.81 bits per heavy atom. The molecule has 1 aliphatic heterocycles. The van der Waals surface area contributed by atoms with E-state index < -0.39 is 0 Å². The van der Waals surface area contributed by atoms with Crippen molar-refractivity contribution in [2.24, 2.45) is 28.6 Å². The highest BCUT2D eigenvalue weighted by atomic mass is 16.7. The molecule has 0 aromatic heterocycles. The number of ether oxygens (including phenoxy) is 3. The maximum atomic E-state index is 11.7. The van der Waals surface area contributed by atoms with Crippen molar-refractivity contribution in [1.29, 1.82) is 0 Å². The summed E-state index contributed by atoms with van der Waals surface area (Å²) in [5.74, 6) is 1.55. The van der Waals surface area contributed by atoms with Crippen LogP contribution in [0.2, 0.25) is 0 Å². The minimum Gasteiger partial charge on any atom is -0.462 e. The van der Waals surface area contributed by atoms with Gasteiger partial charge < -0.3 is 19.3 Å². The van der Waals surface area contributed by atoms with Crippen LogP contribution in [0.3, 0.4) is 0 Å². The van der Waals surface area contributed by atoms with Crippen molar-refractivity contribution >= 4 is 5.97 Å². The van der Waals surface area contributed by atoms with Gasteiger partial charge in [-0.3, -0.25) is 4.79 Å². The quantitative estimate of drug-likeness (QED) is 0.512. The lowest BCUT2D eigenvalue weighted by molar-refractivity contribution is -0.201. The fraction of sp³-hybridized carbons (Fsp3) is 0.885. The minimum absolute atomic E-state index is 0.0591. The molecule has 0 aromatic carbocycles. The molecule has 0 radical (unpaired) electrons. The smallest absolute Gasteiger partial charge is 0.302 e. The summed E-state index contributed by atoms with van der Waals surface area (Å²) >= 11 is 0. The number of aliphatic hydroxyl groups is 1. The van der Waals surface area contributed by atoms with Crippen molar-refractivity contribution < 1.29 is 24.1 Å². The van der Waals surface area contributed by atoms with Crippen LogP contribution in [-0.2, 0) is 19.0 Å². The first-order valence-corrected chi connectivity index (χ1v) is 12.7. The molecule has 5 unspecified atom stereocenters.